The quantitative estimate of drug-likeness (QED) is 0.475. The van der Waals surface area contributed by atoms with E-state index in [-0.39, 0.29) is 17.2 Å². The fourth-order valence-electron chi connectivity index (χ4n) is 2.35. The number of anilines is 5. The number of rotatable bonds is 6. The third-order valence-corrected chi connectivity index (χ3v) is 4.22. The lowest BCUT2D eigenvalue weighted by molar-refractivity contribution is 0.0526. The summed E-state index contributed by atoms with van der Waals surface area (Å²) in [6.07, 6.45) is 1.31. The molecule has 9 heteroatoms. The van der Waals surface area contributed by atoms with E-state index in [1.54, 1.807) is 43.3 Å². The lowest BCUT2D eigenvalue weighted by Crippen LogP contribution is -2.06. The second-order valence-electron chi connectivity index (χ2n) is 5.66. The van der Waals surface area contributed by atoms with Gasteiger partial charge in [-0.15, -0.1) is 0 Å². The second kappa shape index (κ2) is 8.66. The number of benzene rings is 2. The first kappa shape index (κ1) is 19.6. The SMILES string of the molecule is CCOC(=O)c1ccc(Nc2ncnc(Nc3ccc(Br)cc3F)c2N)cc1. The molecule has 0 radical (unpaired) electrons. The normalized spacial score (nSPS) is 10.4. The van der Waals surface area contributed by atoms with Crippen LogP contribution in [0.1, 0.15) is 17.3 Å². The zero-order valence-corrected chi connectivity index (χ0v) is 16.5. The molecule has 7 nitrogen and oxygen atoms in total. The number of esters is 1. The number of aromatic nitrogens is 2. The predicted molar refractivity (Wildman–Crippen MR) is 110 cm³/mol. The van der Waals surface area contributed by atoms with Crippen LogP contribution in [0.2, 0.25) is 0 Å². The van der Waals surface area contributed by atoms with Crippen LogP contribution in [0, 0.1) is 5.82 Å². The molecular weight excluding hydrogens is 429 g/mol. The first-order valence-electron chi connectivity index (χ1n) is 8.34. The molecule has 0 unspecified atom stereocenters. The summed E-state index contributed by atoms with van der Waals surface area (Å²) in [6, 6.07) is 11.3. The first-order valence-corrected chi connectivity index (χ1v) is 9.14. The molecule has 3 rings (SSSR count). The summed E-state index contributed by atoms with van der Waals surface area (Å²) in [5, 5.41) is 5.91. The summed E-state index contributed by atoms with van der Waals surface area (Å²) in [6.45, 7) is 2.06. The van der Waals surface area contributed by atoms with Crippen LogP contribution in [-0.4, -0.2) is 22.5 Å². The lowest BCUT2D eigenvalue weighted by atomic mass is 10.2. The molecule has 28 heavy (non-hydrogen) atoms. The topological polar surface area (TPSA) is 102 Å². The van der Waals surface area contributed by atoms with E-state index in [9.17, 15) is 9.18 Å². The molecule has 0 saturated carbocycles. The molecule has 2 aromatic carbocycles. The standard InChI is InChI=1S/C19H17BrFN5O2/c1-2-28-19(27)11-3-6-13(7-4-11)25-17-16(22)18(24-10-23-17)26-15-8-5-12(20)9-14(15)21/h3-10H,2,22H2,1H3,(H2,23,24,25,26). The van der Waals surface area contributed by atoms with E-state index in [2.05, 4.69) is 36.5 Å². The van der Waals surface area contributed by atoms with E-state index in [4.69, 9.17) is 10.5 Å². The fourth-order valence-corrected chi connectivity index (χ4v) is 2.69. The van der Waals surface area contributed by atoms with Gasteiger partial charge in [0.15, 0.2) is 11.6 Å². The van der Waals surface area contributed by atoms with Crippen molar-refractivity contribution in [2.75, 3.05) is 23.0 Å². The average Bonchev–Trinajstić information content (AvgIpc) is 2.67. The van der Waals surface area contributed by atoms with Crippen LogP contribution in [0.25, 0.3) is 0 Å². The Balaban J connectivity index is 1.78. The van der Waals surface area contributed by atoms with Gasteiger partial charge in [-0.3, -0.25) is 0 Å². The number of ether oxygens (including phenoxy) is 1. The van der Waals surface area contributed by atoms with Crippen molar-refractivity contribution in [1.29, 1.82) is 0 Å². The summed E-state index contributed by atoms with van der Waals surface area (Å²) in [7, 11) is 0. The van der Waals surface area contributed by atoms with Gasteiger partial charge in [0, 0.05) is 10.2 Å². The van der Waals surface area contributed by atoms with Gasteiger partial charge in [0.25, 0.3) is 0 Å². The number of nitrogens with two attached hydrogens (primary N) is 1. The highest BCUT2D eigenvalue weighted by Gasteiger charge is 2.12. The van der Waals surface area contributed by atoms with E-state index in [1.807, 2.05) is 0 Å². The first-order chi connectivity index (χ1) is 13.5. The number of nitrogens with zero attached hydrogens (tertiary/aromatic N) is 2. The number of halogens is 2. The maximum atomic E-state index is 14.0. The maximum Gasteiger partial charge on any atom is 0.338 e. The molecule has 0 bridgehead atoms. The Hall–Kier alpha value is -3.20. The smallest absolute Gasteiger partial charge is 0.338 e. The van der Waals surface area contributed by atoms with E-state index < -0.39 is 11.8 Å². The molecule has 1 aromatic heterocycles. The highest BCUT2D eigenvalue weighted by atomic mass is 79.9. The van der Waals surface area contributed by atoms with Crippen molar-refractivity contribution in [1.82, 2.24) is 9.97 Å². The minimum absolute atomic E-state index is 0.222. The molecule has 0 fully saturated rings. The Kier molecular flexibility index (Phi) is 6.05. The minimum atomic E-state index is -0.448. The van der Waals surface area contributed by atoms with Gasteiger partial charge in [-0.1, -0.05) is 15.9 Å². The summed E-state index contributed by atoms with van der Waals surface area (Å²) < 4.78 is 19.6. The summed E-state index contributed by atoms with van der Waals surface area (Å²) >= 11 is 3.21. The second-order valence-corrected chi connectivity index (χ2v) is 6.57. The minimum Gasteiger partial charge on any atom is -0.462 e. The zero-order chi connectivity index (χ0) is 20.1. The Morgan fingerprint density at radius 3 is 2.46 bits per heavy atom. The molecule has 0 atom stereocenters. The van der Waals surface area contributed by atoms with E-state index in [1.165, 1.54) is 12.4 Å². The van der Waals surface area contributed by atoms with Gasteiger partial charge in [0.05, 0.1) is 17.9 Å². The Bertz CT molecular complexity index is 998. The lowest BCUT2D eigenvalue weighted by Gasteiger charge is -2.13. The highest BCUT2D eigenvalue weighted by Crippen LogP contribution is 2.29. The maximum absolute atomic E-state index is 14.0. The number of hydrogen-bond acceptors (Lipinski definition) is 7. The van der Waals surface area contributed by atoms with Crippen molar-refractivity contribution in [3.05, 3.63) is 64.6 Å². The van der Waals surface area contributed by atoms with Gasteiger partial charge in [0.2, 0.25) is 0 Å². The molecule has 4 N–H and O–H groups in total. The third-order valence-electron chi connectivity index (χ3n) is 3.73. The van der Waals surface area contributed by atoms with E-state index in [0.717, 1.165) is 0 Å². The zero-order valence-electron chi connectivity index (χ0n) is 14.9. The van der Waals surface area contributed by atoms with Gasteiger partial charge >= 0.3 is 5.97 Å². The van der Waals surface area contributed by atoms with Gasteiger partial charge in [-0.2, -0.15) is 0 Å². The van der Waals surface area contributed by atoms with Gasteiger partial charge in [-0.25, -0.2) is 19.2 Å². The molecule has 144 valence electrons. The summed E-state index contributed by atoms with van der Waals surface area (Å²) in [4.78, 5) is 19.9. The monoisotopic (exact) mass is 445 g/mol. The van der Waals surface area contributed by atoms with Crippen molar-refractivity contribution < 1.29 is 13.9 Å². The van der Waals surface area contributed by atoms with Gasteiger partial charge in [0.1, 0.15) is 17.8 Å². The molecule has 0 aliphatic carbocycles. The number of nitrogen functional groups attached to an aromatic ring is 1. The largest absolute Gasteiger partial charge is 0.462 e. The molecule has 0 spiro atoms. The molecule has 0 saturated heterocycles. The van der Waals surface area contributed by atoms with Crippen LogP contribution in [0.15, 0.2) is 53.3 Å². The molecule has 0 amide bonds. The Morgan fingerprint density at radius 2 is 1.82 bits per heavy atom. The Labute approximate surface area is 169 Å². The van der Waals surface area contributed by atoms with E-state index in [0.29, 0.717) is 28.1 Å². The highest BCUT2D eigenvalue weighted by molar-refractivity contribution is 9.10. The van der Waals surface area contributed by atoms with E-state index >= 15 is 0 Å². The summed E-state index contributed by atoms with van der Waals surface area (Å²) in [5.41, 5.74) is 7.68. The van der Waals surface area contributed by atoms with Crippen LogP contribution >= 0.6 is 15.9 Å². The number of carbonyl (C=O) groups excluding carboxylic acids is 1. The fraction of sp³-hybridized carbons (Fsp3) is 0.105. The van der Waals surface area contributed by atoms with Gasteiger partial charge in [-0.05, 0) is 49.4 Å². The number of nitrogens with one attached hydrogen (secondary N) is 2. The van der Waals surface area contributed by atoms with Crippen molar-refractivity contribution in [2.45, 2.75) is 6.92 Å². The van der Waals surface area contributed by atoms with Crippen LogP contribution in [0.4, 0.5) is 33.1 Å². The molecule has 0 aliphatic heterocycles. The van der Waals surface area contributed by atoms with Crippen molar-refractivity contribution in [3.63, 3.8) is 0 Å². The molecule has 1 heterocycles. The van der Waals surface area contributed by atoms with Crippen molar-refractivity contribution >= 4 is 50.6 Å². The van der Waals surface area contributed by atoms with Crippen molar-refractivity contribution in [2.24, 2.45) is 0 Å². The average molecular weight is 446 g/mol. The van der Waals surface area contributed by atoms with Crippen LogP contribution in [-0.2, 0) is 4.74 Å². The van der Waals surface area contributed by atoms with Crippen LogP contribution < -0.4 is 16.4 Å². The summed E-state index contributed by atoms with van der Waals surface area (Å²) in [5.74, 6) is -0.226. The number of carbonyl (C=O) groups is 1. The molecular formula is C19H17BrFN5O2. The molecule has 3 aromatic rings. The predicted octanol–water partition coefficient (Wildman–Crippen LogP) is 4.62. The van der Waals surface area contributed by atoms with Crippen LogP contribution in [0.5, 0.6) is 0 Å². The van der Waals surface area contributed by atoms with Gasteiger partial charge < -0.3 is 21.1 Å². The molecule has 0 aliphatic rings. The third kappa shape index (κ3) is 4.55. The van der Waals surface area contributed by atoms with Crippen molar-refractivity contribution in [3.8, 4) is 0 Å². The Morgan fingerprint density at radius 1 is 1.14 bits per heavy atom. The number of hydrogen-bond donors (Lipinski definition) is 3. The van der Waals surface area contributed by atoms with Crippen LogP contribution in [0.3, 0.4) is 0 Å².